The van der Waals surface area contributed by atoms with E-state index in [4.69, 9.17) is 4.74 Å². The Labute approximate surface area is 479 Å². The van der Waals surface area contributed by atoms with E-state index in [-0.39, 0.29) is 23.4 Å². The van der Waals surface area contributed by atoms with Crippen LogP contribution in [-0.2, 0) is 28.8 Å². The van der Waals surface area contributed by atoms with Crippen molar-refractivity contribution in [2.45, 2.75) is 151 Å². The zero-order valence-corrected chi connectivity index (χ0v) is 46.4. The van der Waals surface area contributed by atoms with Gasteiger partial charge in [-0.25, -0.2) is 0 Å². The molecule has 3 aliphatic rings. The van der Waals surface area contributed by atoms with Gasteiger partial charge in [0.05, 0.1) is 31.0 Å². The molecule has 4 aromatic carbocycles. The lowest BCUT2D eigenvalue weighted by Crippen LogP contribution is -2.64. The maximum atomic E-state index is 14.5. The van der Waals surface area contributed by atoms with E-state index >= 15 is 0 Å². The van der Waals surface area contributed by atoms with Crippen molar-refractivity contribution in [3.05, 3.63) is 108 Å². The van der Waals surface area contributed by atoms with Crippen LogP contribution >= 0.6 is 0 Å². The third-order valence-electron chi connectivity index (χ3n) is 15.3. The minimum atomic E-state index is -2.29. The number of hydrogen-bond donors (Lipinski definition) is 14. The predicted octanol–water partition coefficient (Wildman–Crippen LogP) is -0.537. The molecule has 0 saturated carbocycles. The van der Waals surface area contributed by atoms with E-state index in [2.05, 4.69) is 33.5 Å². The molecular formula is C59H75N7O17. The number of fused-ring (bicyclic) bond motifs is 2. The molecule has 0 aromatic heterocycles. The van der Waals surface area contributed by atoms with E-state index in [0.717, 1.165) is 77.5 Å². The molecule has 24 nitrogen and oxygen atoms in total. The number of carbonyl (C=O) groups is 7. The van der Waals surface area contributed by atoms with E-state index < -0.39 is 152 Å². The van der Waals surface area contributed by atoms with Gasteiger partial charge in [0.2, 0.25) is 35.4 Å². The van der Waals surface area contributed by atoms with E-state index in [1.807, 2.05) is 48.5 Å². The molecule has 3 saturated heterocycles. The SMILES string of the molecule is CCCCCCOc1ccc(-c2ccc(-c3ccc(C(=O)N[C@H]4C[C@@H](O)[C@@H](O)NC(=O)[C@@H]5[C@@H](O)[C@@H](C)CN5C(=O)[C@H]([C@@H](C)O)NC(=O)[C@H]([C@H](O)[C@@H](O)c5ccc(O)cc5)NC(=O)[C@@H]5C[C@@H](O)CN5C(=O)[C@H]([C@@H](C)O)NC4=O)cc3)cc2)cc1. The van der Waals surface area contributed by atoms with Crippen LogP contribution in [0.3, 0.4) is 0 Å². The summed E-state index contributed by atoms with van der Waals surface area (Å²) in [4.78, 5) is 102. The molecule has 0 spiro atoms. The fourth-order valence-electron chi connectivity index (χ4n) is 10.4. The third kappa shape index (κ3) is 15.4. The number of aromatic hydroxyl groups is 1. The molecule has 83 heavy (non-hydrogen) atoms. The lowest BCUT2D eigenvalue weighted by atomic mass is 9.96. The Kier molecular flexibility index (Phi) is 21.4. The maximum absolute atomic E-state index is 14.5. The highest BCUT2D eigenvalue weighted by Gasteiger charge is 2.50. The smallest absolute Gasteiger partial charge is 0.251 e. The Morgan fingerprint density at radius 2 is 1.16 bits per heavy atom. The van der Waals surface area contributed by atoms with Gasteiger partial charge in [0.1, 0.15) is 66.1 Å². The summed E-state index contributed by atoms with van der Waals surface area (Å²) in [6, 6.07) is 14.8. The number of unbranched alkanes of at least 4 members (excludes halogenated alkanes) is 3. The van der Waals surface area contributed by atoms with Crippen molar-refractivity contribution in [3.8, 4) is 33.8 Å². The summed E-state index contributed by atoms with van der Waals surface area (Å²) < 4.78 is 5.88. The second-order valence-electron chi connectivity index (χ2n) is 21.6. The molecule has 3 aliphatic heterocycles. The quantitative estimate of drug-likeness (QED) is 0.0665. The first kappa shape index (κ1) is 63.0. The van der Waals surface area contributed by atoms with E-state index in [0.29, 0.717) is 12.2 Å². The molecule has 15 atom stereocenters. The van der Waals surface area contributed by atoms with Crippen LogP contribution in [0.5, 0.6) is 11.5 Å². The van der Waals surface area contributed by atoms with Gasteiger partial charge in [-0.1, -0.05) is 93.8 Å². The highest BCUT2D eigenvalue weighted by molar-refractivity contribution is 6.00. The van der Waals surface area contributed by atoms with Gasteiger partial charge in [-0.15, -0.1) is 0 Å². The van der Waals surface area contributed by atoms with Gasteiger partial charge >= 0.3 is 0 Å². The highest BCUT2D eigenvalue weighted by atomic mass is 16.5. The number of amides is 7. The molecule has 0 bridgehead atoms. The molecule has 24 heteroatoms. The van der Waals surface area contributed by atoms with Crippen LogP contribution in [0.4, 0.5) is 0 Å². The molecule has 4 aromatic rings. The zero-order valence-electron chi connectivity index (χ0n) is 46.4. The topological polar surface area (TPSA) is 377 Å². The number of nitrogens with zero attached hydrogens (tertiary/aromatic N) is 2. The van der Waals surface area contributed by atoms with Gasteiger partial charge in [-0.05, 0) is 84.5 Å². The first-order chi connectivity index (χ1) is 39.5. The van der Waals surface area contributed by atoms with Crippen molar-refractivity contribution < 1.29 is 84.3 Å². The van der Waals surface area contributed by atoms with Crippen LogP contribution in [0.25, 0.3) is 22.3 Å². The number of benzene rings is 4. The minimum Gasteiger partial charge on any atom is -0.508 e. The molecule has 7 rings (SSSR count). The minimum absolute atomic E-state index is 0.0104. The molecule has 14 N–H and O–H groups in total. The molecule has 3 heterocycles. The Morgan fingerprint density at radius 1 is 0.627 bits per heavy atom. The van der Waals surface area contributed by atoms with Crippen LogP contribution in [0.15, 0.2) is 97.1 Å². The Bertz CT molecular complexity index is 2890. The number of ether oxygens (including phenoxy) is 1. The van der Waals surface area contributed by atoms with E-state index in [1.165, 1.54) is 37.6 Å². The van der Waals surface area contributed by atoms with Crippen LogP contribution < -0.4 is 31.3 Å². The van der Waals surface area contributed by atoms with Crippen LogP contribution in [0, 0.1) is 5.92 Å². The lowest BCUT2D eigenvalue weighted by molar-refractivity contribution is -0.148. The monoisotopic (exact) mass is 1150 g/mol. The summed E-state index contributed by atoms with van der Waals surface area (Å²) in [6.07, 6.45) is -12.4. The maximum Gasteiger partial charge on any atom is 0.251 e. The molecule has 0 radical (unpaired) electrons. The largest absolute Gasteiger partial charge is 0.508 e. The van der Waals surface area contributed by atoms with Crippen LogP contribution in [-0.4, -0.2) is 196 Å². The zero-order chi connectivity index (χ0) is 60.4. The first-order valence-corrected chi connectivity index (χ1v) is 27.8. The fourth-order valence-corrected chi connectivity index (χ4v) is 10.4. The second kappa shape index (κ2) is 28.1. The van der Waals surface area contributed by atoms with E-state index in [9.17, 15) is 79.5 Å². The lowest BCUT2D eigenvalue weighted by Gasteiger charge is -2.34. The summed E-state index contributed by atoms with van der Waals surface area (Å²) in [5.74, 6) is -8.67. The van der Waals surface area contributed by atoms with Crippen LogP contribution in [0.2, 0.25) is 0 Å². The number of carbonyl (C=O) groups excluding carboxylic acids is 7. The van der Waals surface area contributed by atoms with Gasteiger partial charge < -0.3 is 87.1 Å². The van der Waals surface area contributed by atoms with Crippen molar-refractivity contribution in [2.24, 2.45) is 5.92 Å². The normalized spacial score (nSPS) is 27.3. The van der Waals surface area contributed by atoms with Crippen molar-refractivity contribution in [1.29, 1.82) is 0 Å². The summed E-state index contributed by atoms with van der Waals surface area (Å²) in [5, 5.41) is 111. The third-order valence-corrected chi connectivity index (χ3v) is 15.3. The number of aliphatic hydroxyl groups excluding tert-OH is 8. The van der Waals surface area contributed by atoms with Crippen molar-refractivity contribution in [2.75, 3.05) is 19.7 Å². The number of rotatable bonds is 15. The van der Waals surface area contributed by atoms with Crippen molar-refractivity contribution in [1.82, 2.24) is 36.4 Å². The standard InChI is InChI=1S/C59H75N7O17/c1-5-6-7-8-25-83-41-23-19-36(20-24-41)34-11-9-33(10-12-34)35-13-15-38(16-14-35)52(75)60-42-27-44(71)55(78)64-57(80)48-49(72)30(2)28-66(48)59(82)46(32(4)68)62-56(79)47(51(74)50(73)37-17-21-39(69)22-18-37)63-54(77)43-26-40(70)29-65(43)58(81)45(31(3)67)61-53(42)76/h9-24,30-32,40,42-51,55,67-74,78H,5-8,25-29H2,1-4H3,(H,60,75)(H,61,76)(H,62,79)(H,63,77)(H,64,80)/t30-,31+,32+,40+,42-,43-,44+,45-,46-,47-,48-,49-,50-,51-,55+/m0/s1. The van der Waals surface area contributed by atoms with Gasteiger partial charge in [0, 0.05) is 37.4 Å². The van der Waals surface area contributed by atoms with Crippen LogP contribution in [0.1, 0.15) is 88.2 Å². The average Bonchev–Trinajstić information content (AvgIpc) is 3.59. The summed E-state index contributed by atoms with van der Waals surface area (Å²) in [6.45, 7) is 5.50. The molecular weight excluding hydrogens is 1080 g/mol. The van der Waals surface area contributed by atoms with Gasteiger partial charge in [-0.2, -0.15) is 0 Å². The molecule has 7 amide bonds. The molecule has 0 aliphatic carbocycles. The Balaban J connectivity index is 1.17. The summed E-state index contributed by atoms with van der Waals surface area (Å²) >= 11 is 0. The molecule has 3 fully saturated rings. The van der Waals surface area contributed by atoms with Crippen molar-refractivity contribution >= 4 is 41.4 Å². The second-order valence-corrected chi connectivity index (χ2v) is 21.6. The number of aliphatic hydroxyl groups is 8. The average molecular weight is 1150 g/mol. The number of phenols is 1. The fraction of sp³-hybridized carbons (Fsp3) is 0.475. The predicted molar refractivity (Wildman–Crippen MR) is 298 cm³/mol. The number of phenolic OH excluding ortho intramolecular Hbond substituents is 1. The van der Waals surface area contributed by atoms with Gasteiger partial charge in [-0.3, -0.25) is 33.6 Å². The summed E-state index contributed by atoms with van der Waals surface area (Å²) in [5.41, 5.74) is 3.38. The van der Waals surface area contributed by atoms with E-state index in [1.54, 1.807) is 12.1 Å². The van der Waals surface area contributed by atoms with Gasteiger partial charge in [0.25, 0.3) is 5.91 Å². The first-order valence-electron chi connectivity index (χ1n) is 27.8. The molecule has 0 unspecified atom stereocenters. The number of hydrogen-bond acceptors (Lipinski definition) is 17. The number of nitrogens with one attached hydrogen (secondary N) is 5. The Morgan fingerprint density at radius 3 is 1.72 bits per heavy atom. The van der Waals surface area contributed by atoms with Gasteiger partial charge in [0.15, 0.2) is 6.23 Å². The van der Waals surface area contributed by atoms with Crippen molar-refractivity contribution in [3.63, 3.8) is 0 Å². The highest BCUT2D eigenvalue weighted by Crippen LogP contribution is 2.30. The molecule has 448 valence electrons. The Hall–Kier alpha value is -7.55. The summed E-state index contributed by atoms with van der Waals surface area (Å²) in [7, 11) is 0.